The molecule has 4 rings (SSSR count). The zero-order valence-electron chi connectivity index (χ0n) is 17.7. The average molecular weight is 566 g/mol. The van der Waals surface area contributed by atoms with Gasteiger partial charge in [-0.25, -0.2) is 4.98 Å². The maximum absolute atomic E-state index is 12.7. The number of guanidine groups is 1. The zero-order valence-corrected chi connectivity index (χ0v) is 20.7. The molecule has 10 heteroatoms. The van der Waals surface area contributed by atoms with Crippen LogP contribution in [0.1, 0.15) is 11.1 Å². The lowest BCUT2D eigenvalue weighted by molar-refractivity contribution is -0.135. The Hall–Kier alpha value is -2.66. The van der Waals surface area contributed by atoms with Crippen molar-refractivity contribution in [1.82, 2.24) is 30.3 Å². The summed E-state index contributed by atoms with van der Waals surface area (Å²) in [7, 11) is 1.73. The molecule has 0 bridgehead atoms. The maximum atomic E-state index is 12.7. The van der Waals surface area contributed by atoms with Crippen molar-refractivity contribution >= 4 is 47.4 Å². The van der Waals surface area contributed by atoms with Gasteiger partial charge in [0, 0.05) is 43.8 Å². The Balaban J connectivity index is 0.00000289. The molecule has 0 unspecified atom stereocenters. The molecule has 3 aromatic rings. The topological polar surface area (TPSA) is 89.5 Å². The molecule has 1 fully saturated rings. The molecule has 32 heavy (non-hydrogen) atoms. The molecule has 0 atom stereocenters. The van der Waals surface area contributed by atoms with E-state index in [1.807, 2.05) is 52.3 Å². The highest BCUT2D eigenvalue weighted by atomic mass is 127. The maximum Gasteiger partial charge on any atom is 0.242 e. The SMILES string of the molecule is CN=C(NCc1cccc(-c2ncn[nH]2)c1)N1CCN(Cc2ccc(Cl)cc2)C(=O)C1.I. The van der Waals surface area contributed by atoms with Crippen LogP contribution in [0.15, 0.2) is 59.9 Å². The molecule has 2 heterocycles. The van der Waals surface area contributed by atoms with Gasteiger partial charge in [0.05, 0.1) is 6.54 Å². The number of nitrogens with zero attached hydrogens (tertiary/aromatic N) is 5. The predicted octanol–water partition coefficient (Wildman–Crippen LogP) is 3.16. The number of aromatic nitrogens is 3. The molecule has 8 nitrogen and oxygen atoms in total. The van der Waals surface area contributed by atoms with Gasteiger partial charge in [-0.15, -0.1) is 24.0 Å². The van der Waals surface area contributed by atoms with Crippen molar-refractivity contribution in [2.45, 2.75) is 13.1 Å². The van der Waals surface area contributed by atoms with Crippen molar-refractivity contribution < 1.29 is 4.79 Å². The summed E-state index contributed by atoms with van der Waals surface area (Å²) in [6.45, 7) is 2.84. The van der Waals surface area contributed by atoms with E-state index in [-0.39, 0.29) is 29.9 Å². The Labute approximate surface area is 209 Å². The van der Waals surface area contributed by atoms with Crippen molar-refractivity contribution in [3.05, 3.63) is 71.0 Å². The first-order valence-corrected chi connectivity index (χ1v) is 10.4. The molecule has 1 aliphatic rings. The fourth-order valence-electron chi connectivity index (χ4n) is 3.55. The largest absolute Gasteiger partial charge is 0.352 e. The van der Waals surface area contributed by atoms with E-state index in [9.17, 15) is 4.79 Å². The van der Waals surface area contributed by atoms with Crippen LogP contribution >= 0.6 is 35.6 Å². The van der Waals surface area contributed by atoms with E-state index in [4.69, 9.17) is 11.6 Å². The molecule has 168 valence electrons. The molecular formula is C22H25ClIN7O. The molecule has 0 saturated carbocycles. The van der Waals surface area contributed by atoms with Crippen molar-refractivity contribution in [1.29, 1.82) is 0 Å². The summed E-state index contributed by atoms with van der Waals surface area (Å²) in [5.74, 6) is 1.52. The first-order chi connectivity index (χ1) is 15.1. The molecule has 1 saturated heterocycles. The van der Waals surface area contributed by atoms with E-state index in [0.29, 0.717) is 37.2 Å². The van der Waals surface area contributed by atoms with Crippen LogP contribution in [-0.4, -0.2) is 63.5 Å². The average Bonchev–Trinajstić information content (AvgIpc) is 3.33. The van der Waals surface area contributed by atoms with Crippen molar-refractivity contribution in [2.24, 2.45) is 4.99 Å². The van der Waals surface area contributed by atoms with Gasteiger partial charge in [0.1, 0.15) is 6.33 Å². The van der Waals surface area contributed by atoms with Crippen molar-refractivity contribution in [3.8, 4) is 11.4 Å². The summed E-state index contributed by atoms with van der Waals surface area (Å²) in [4.78, 5) is 25.1. The highest BCUT2D eigenvalue weighted by Crippen LogP contribution is 2.16. The fraction of sp³-hybridized carbons (Fsp3) is 0.273. The van der Waals surface area contributed by atoms with Gasteiger partial charge in [-0.05, 0) is 29.3 Å². The Morgan fingerprint density at radius 1 is 1.19 bits per heavy atom. The number of H-pyrrole nitrogens is 1. The number of carbonyl (C=O) groups is 1. The molecule has 0 radical (unpaired) electrons. The summed E-state index contributed by atoms with van der Waals surface area (Å²) in [5, 5.41) is 10.8. The quantitative estimate of drug-likeness (QED) is 0.282. The fourth-order valence-corrected chi connectivity index (χ4v) is 3.68. The lowest BCUT2D eigenvalue weighted by Crippen LogP contribution is -2.54. The number of hydrogen-bond acceptors (Lipinski definition) is 4. The van der Waals surface area contributed by atoms with Crippen molar-refractivity contribution in [2.75, 3.05) is 26.7 Å². The Morgan fingerprint density at radius 2 is 2.00 bits per heavy atom. The van der Waals surface area contributed by atoms with E-state index >= 15 is 0 Å². The molecule has 1 aliphatic heterocycles. The number of nitrogens with one attached hydrogen (secondary N) is 2. The van der Waals surface area contributed by atoms with Crippen molar-refractivity contribution in [3.63, 3.8) is 0 Å². The van der Waals surface area contributed by atoms with Crippen LogP contribution < -0.4 is 5.32 Å². The first-order valence-electron chi connectivity index (χ1n) is 10.0. The first kappa shape index (κ1) is 24.0. The number of carbonyl (C=O) groups excluding carboxylic acids is 1. The molecule has 2 N–H and O–H groups in total. The highest BCUT2D eigenvalue weighted by Gasteiger charge is 2.25. The predicted molar refractivity (Wildman–Crippen MR) is 136 cm³/mol. The molecule has 0 spiro atoms. The van der Waals surface area contributed by atoms with Crippen LogP contribution in [0.5, 0.6) is 0 Å². The third-order valence-electron chi connectivity index (χ3n) is 5.18. The van der Waals surface area contributed by atoms with E-state index in [1.54, 1.807) is 7.05 Å². The Bertz CT molecular complexity index is 1060. The second-order valence-electron chi connectivity index (χ2n) is 7.30. The zero-order chi connectivity index (χ0) is 21.6. The van der Waals surface area contributed by atoms with Gasteiger partial charge in [-0.2, -0.15) is 5.10 Å². The van der Waals surface area contributed by atoms with Crippen LogP contribution in [0.3, 0.4) is 0 Å². The van der Waals surface area contributed by atoms with Crippen LogP contribution in [0.25, 0.3) is 11.4 Å². The minimum atomic E-state index is 0. The summed E-state index contributed by atoms with van der Waals surface area (Å²) in [5.41, 5.74) is 3.13. The summed E-state index contributed by atoms with van der Waals surface area (Å²) in [6.07, 6.45) is 1.49. The second-order valence-corrected chi connectivity index (χ2v) is 7.73. The number of aromatic amines is 1. The lowest BCUT2D eigenvalue weighted by atomic mass is 10.1. The van der Waals surface area contributed by atoms with Crippen LogP contribution in [0.4, 0.5) is 0 Å². The molecular weight excluding hydrogens is 541 g/mol. The third-order valence-corrected chi connectivity index (χ3v) is 5.43. The molecule has 1 amide bonds. The van der Waals surface area contributed by atoms with Gasteiger partial charge < -0.3 is 15.1 Å². The number of hydrogen-bond donors (Lipinski definition) is 2. The van der Waals surface area contributed by atoms with E-state index < -0.39 is 0 Å². The number of halogens is 2. The number of aliphatic imine (C=N–C) groups is 1. The Kier molecular flexibility index (Phi) is 8.46. The normalized spacial score (nSPS) is 14.3. The summed E-state index contributed by atoms with van der Waals surface area (Å²) in [6, 6.07) is 15.7. The standard InChI is InChI=1S/C22H24ClN7O.HI/c1-24-22(25-12-17-3-2-4-18(11-17)21-26-15-27-28-21)30-10-9-29(20(31)14-30)13-16-5-7-19(23)8-6-16;/h2-8,11,15H,9-10,12-14H2,1H3,(H,24,25)(H,26,27,28);1H. The van der Waals surface area contributed by atoms with E-state index in [2.05, 4.69) is 31.6 Å². The van der Waals surface area contributed by atoms with Gasteiger partial charge >= 0.3 is 0 Å². The number of amides is 1. The second kappa shape index (κ2) is 11.3. The van der Waals surface area contributed by atoms with Crippen LogP contribution in [-0.2, 0) is 17.9 Å². The van der Waals surface area contributed by atoms with Gasteiger partial charge in [-0.1, -0.05) is 41.9 Å². The third kappa shape index (κ3) is 5.98. The molecule has 0 aliphatic carbocycles. The van der Waals surface area contributed by atoms with Crippen LogP contribution in [0, 0.1) is 0 Å². The minimum absolute atomic E-state index is 0. The number of benzene rings is 2. The van der Waals surface area contributed by atoms with E-state index in [1.165, 1.54) is 6.33 Å². The van der Waals surface area contributed by atoms with Gasteiger partial charge in [0.25, 0.3) is 0 Å². The number of piperazine rings is 1. The smallest absolute Gasteiger partial charge is 0.242 e. The van der Waals surface area contributed by atoms with Gasteiger partial charge in [-0.3, -0.25) is 14.9 Å². The van der Waals surface area contributed by atoms with Crippen LogP contribution in [0.2, 0.25) is 5.02 Å². The number of rotatable bonds is 5. The van der Waals surface area contributed by atoms with Gasteiger partial charge in [0.15, 0.2) is 11.8 Å². The highest BCUT2D eigenvalue weighted by molar-refractivity contribution is 14.0. The summed E-state index contributed by atoms with van der Waals surface area (Å²) >= 11 is 5.95. The molecule has 1 aromatic heterocycles. The van der Waals surface area contributed by atoms with E-state index in [0.717, 1.165) is 29.1 Å². The lowest BCUT2D eigenvalue weighted by Gasteiger charge is -2.36. The Morgan fingerprint density at radius 3 is 2.69 bits per heavy atom. The minimum Gasteiger partial charge on any atom is -0.352 e. The van der Waals surface area contributed by atoms with Gasteiger partial charge in [0.2, 0.25) is 5.91 Å². The monoisotopic (exact) mass is 565 g/mol. The summed E-state index contributed by atoms with van der Waals surface area (Å²) < 4.78 is 0. The molecule has 2 aromatic carbocycles.